The van der Waals surface area contributed by atoms with Gasteiger partial charge in [-0.2, -0.15) is 0 Å². The summed E-state index contributed by atoms with van der Waals surface area (Å²) in [5.41, 5.74) is 0. The summed E-state index contributed by atoms with van der Waals surface area (Å²) in [5, 5.41) is 9.04. The summed E-state index contributed by atoms with van der Waals surface area (Å²) in [6.45, 7) is 2.67. The molecule has 21 heavy (non-hydrogen) atoms. The van der Waals surface area contributed by atoms with Crippen molar-refractivity contribution in [1.82, 2.24) is 4.90 Å². The zero-order valence-electron chi connectivity index (χ0n) is 11.8. The van der Waals surface area contributed by atoms with Crippen molar-refractivity contribution in [3.8, 4) is 5.75 Å². The van der Waals surface area contributed by atoms with E-state index in [1.807, 2.05) is 6.92 Å². The first-order valence-corrected chi connectivity index (χ1v) is 6.86. The van der Waals surface area contributed by atoms with Crippen LogP contribution in [0, 0.1) is 17.7 Å². The standard InChI is InChI=1S/C15H18FNO4/c1-10-8-17(9-13(10)15(19)20)14(18)5-6-21-12-4-2-3-11(16)7-12/h2-4,7,10,13H,5-6,8-9H2,1H3,(H,19,20)/t10-,13-/m1/s1. The number of benzene rings is 1. The molecule has 1 aliphatic heterocycles. The Labute approximate surface area is 122 Å². The topological polar surface area (TPSA) is 66.8 Å². The summed E-state index contributed by atoms with van der Waals surface area (Å²) < 4.78 is 18.3. The van der Waals surface area contributed by atoms with Crippen LogP contribution in [0.15, 0.2) is 24.3 Å². The van der Waals surface area contributed by atoms with E-state index in [1.165, 1.54) is 18.2 Å². The third-order valence-electron chi connectivity index (χ3n) is 3.66. The number of aliphatic carboxylic acids is 1. The molecule has 0 aliphatic carbocycles. The van der Waals surface area contributed by atoms with E-state index in [0.29, 0.717) is 12.3 Å². The smallest absolute Gasteiger partial charge is 0.308 e. The zero-order chi connectivity index (χ0) is 15.4. The molecule has 2 atom stereocenters. The fourth-order valence-corrected chi connectivity index (χ4v) is 2.46. The first-order valence-electron chi connectivity index (χ1n) is 6.86. The quantitative estimate of drug-likeness (QED) is 0.899. The maximum absolute atomic E-state index is 12.9. The van der Waals surface area contributed by atoms with Crippen LogP contribution < -0.4 is 4.74 Å². The molecule has 1 saturated heterocycles. The Balaban J connectivity index is 1.79. The molecule has 2 rings (SSSR count). The molecule has 0 bridgehead atoms. The van der Waals surface area contributed by atoms with Gasteiger partial charge in [-0.3, -0.25) is 9.59 Å². The predicted molar refractivity (Wildman–Crippen MR) is 73.4 cm³/mol. The number of amides is 1. The Bertz CT molecular complexity index is 534. The number of ether oxygens (including phenoxy) is 1. The molecule has 6 heteroatoms. The van der Waals surface area contributed by atoms with Crippen molar-refractivity contribution in [2.75, 3.05) is 19.7 Å². The van der Waals surface area contributed by atoms with Crippen LogP contribution in [0.1, 0.15) is 13.3 Å². The van der Waals surface area contributed by atoms with E-state index < -0.39 is 17.7 Å². The average Bonchev–Trinajstić information content (AvgIpc) is 2.81. The second-order valence-corrected chi connectivity index (χ2v) is 5.28. The number of carbonyl (C=O) groups is 2. The van der Waals surface area contributed by atoms with E-state index in [-0.39, 0.29) is 31.4 Å². The lowest BCUT2D eigenvalue weighted by atomic mass is 9.99. The van der Waals surface area contributed by atoms with Crippen molar-refractivity contribution in [3.63, 3.8) is 0 Å². The van der Waals surface area contributed by atoms with Crippen molar-refractivity contribution in [3.05, 3.63) is 30.1 Å². The first kappa shape index (κ1) is 15.3. The molecule has 1 fully saturated rings. The highest BCUT2D eigenvalue weighted by Crippen LogP contribution is 2.23. The van der Waals surface area contributed by atoms with Crippen LogP contribution in [-0.2, 0) is 9.59 Å². The average molecular weight is 295 g/mol. The molecule has 1 aromatic rings. The van der Waals surface area contributed by atoms with E-state index in [4.69, 9.17) is 9.84 Å². The van der Waals surface area contributed by atoms with Crippen LogP contribution in [0.25, 0.3) is 0 Å². The summed E-state index contributed by atoms with van der Waals surface area (Å²) in [7, 11) is 0. The summed E-state index contributed by atoms with van der Waals surface area (Å²) in [6, 6.07) is 5.72. The number of hydrogen-bond donors (Lipinski definition) is 1. The number of carboxylic acid groups (broad SMARTS) is 1. The molecule has 114 valence electrons. The molecular weight excluding hydrogens is 277 g/mol. The summed E-state index contributed by atoms with van der Waals surface area (Å²) in [5.74, 6) is -1.57. The monoisotopic (exact) mass is 295 g/mol. The molecule has 1 N–H and O–H groups in total. The maximum atomic E-state index is 12.9. The number of hydrogen-bond acceptors (Lipinski definition) is 3. The van der Waals surface area contributed by atoms with Gasteiger partial charge in [-0.05, 0) is 18.1 Å². The number of likely N-dealkylation sites (tertiary alicyclic amines) is 1. The molecule has 1 amide bonds. The second-order valence-electron chi connectivity index (χ2n) is 5.28. The molecule has 1 aliphatic rings. The number of nitrogens with zero attached hydrogens (tertiary/aromatic N) is 1. The Hall–Kier alpha value is -2.11. The minimum absolute atomic E-state index is 0.0458. The van der Waals surface area contributed by atoms with Gasteiger partial charge in [-0.15, -0.1) is 0 Å². The largest absolute Gasteiger partial charge is 0.493 e. The third-order valence-corrected chi connectivity index (χ3v) is 3.66. The van der Waals surface area contributed by atoms with Crippen LogP contribution in [0.5, 0.6) is 5.75 Å². The zero-order valence-corrected chi connectivity index (χ0v) is 11.8. The van der Waals surface area contributed by atoms with Gasteiger partial charge in [-0.25, -0.2) is 4.39 Å². The Morgan fingerprint density at radius 1 is 1.43 bits per heavy atom. The normalized spacial score (nSPS) is 21.3. The van der Waals surface area contributed by atoms with Crippen LogP contribution in [-0.4, -0.2) is 41.6 Å². The fourth-order valence-electron chi connectivity index (χ4n) is 2.46. The lowest BCUT2D eigenvalue weighted by Gasteiger charge is -2.16. The number of carbonyl (C=O) groups excluding carboxylic acids is 1. The second kappa shape index (κ2) is 6.56. The van der Waals surface area contributed by atoms with E-state index in [0.717, 1.165) is 0 Å². The summed E-state index contributed by atoms with van der Waals surface area (Å²) in [4.78, 5) is 24.6. The molecular formula is C15H18FNO4. The van der Waals surface area contributed by atoms with Crippen molar-refractivity contribution in [1.29, 1.82) is 0 Å². The van der Waals surface area contributed by atoms with Gasteiger partial charge >= 0.3 is 5.97 Å². The van der Waals surface area contributed by atoms with Gasteiger partial charge in [0.1, 0.15) is 11.6 Å². The van der Waals surface area contributed by atoms with Crippen LogP contribution in [0.2, 0.25) is 0 Å². The number of rotatable bonds is 5. The van der Waals surface area contributed by atoms with Gasteiger partial charge in [0.2, 0.25) is 5.91 Å². The fraction of sp³-hybridized carbons (Fsp3) is 0.467. The molecule has 0 saturated carbocycles. The SMILES string of the molecule is C[C@@H]1CN(C(=O)CCOc2cccc(F)c2)C[C@H]1C(=O)O. The van der Waals surface area contributed by atoms with Crippen LogP contribution in [0.3, 0.4) is 0 Å². The van der Waals surface area contributed by atoms with Crippen molar-refractivity contribution < 1.29 is 23.8 Å². The van der Waals surface area contributed by atoms with E-state index in [1.54, 1.807) is 11.0 Å². The van der Waals surface area contributed by atoms with Crippen LogP contribution in [0.4, 0.5) is 4.39 Å². The first-order chi connectivity index (χ1) is 9.97. The minimum atomic E-state index is -0.867. The predicted octanol–water partition coefficient (Wildman–Crippen LogP) is 1.77. The molecule has 0 aromatic heterocycles. The highest BCUT2D eigenvalue weighted by molar-refractivity contribution is 5.79. The summed E-state index contributed by atoms with van der Waals surface area (Å²) in [6.07, 6.45) is 0.148. The molecule has 5 nitrogen and oxygen atoms in total. The lowest BCUT2D eigenvalue weighted by Crippen LogP contribution is -2.30. The van der Waals surface area contributed by atoms with E-state index in [2.05, 4.69) is 0 Å². The molecule has 0 radical (unpaired) electrons. The number of halogens is 1. The van der Waals surface area contributed by atoms with Gasteiger partial charge in [0, 0.05) is 19.2 Å². The summed E-state index contributed by atoms with van der Waals surface area (Å²) >= 11 is 0. The van der Waals surface area contributed by atoms with Gasteiger partial charge in [0.15, 0.2) is 0 Å². The van der Waals surface area contributed by atoms with Gasteiger partial charge in [0.25, 0.3) is 0 Å². The van der Waals surface area contributed by atoms with E-state index >= 15 is 0 Å². The number of carboxylic acids is 1. The van der Waals surface area contributed by atoms with Crippen molar-refractivity contribution >= 4 is 11.9 Å². The van der Waals surface area contributed by atoms with Gasteiger partial charge in [-0.1, -0.05) is 13.0 Å². The highest BCUT2D eigenvalue weighted by atomic mass is 19.1. The van der Waals surface area contributed by atoms with Gasteiger partial charge in [0.05, 0.1) is 18.9 Å². The molecule has 0 spiro atoms. The molecule has 0 unspecified atom stereocenters. The highest BCUT2D eigenvalue weighted by Gasteiger charge is 2.36. The van der Waals surface area contributed by atoms with Gasteiger partial charge < -0.3 is 14.7 Å². The minimum Gasteiger partial charge on any atom is -0.493 e. The Morgan fingerprint density at radius 2 is 2.19 bits per heavy atom. The maximum Gasteiger partial charge on any atom is 0.308 e. The molecule has 1 heterocycles. The molecule has 1 aromatic carbocycles. The van der Waals surface area contributed by atoms with E-state index in [9.17, 15) is 14.0 Å². The Morgan fingerprint density at radius 3 is 2.81 bits per heavy atom. The lowest BCUT2D eigenvalue weighted by molar-refractivity contribution is -0.142. The van der Waals surface area contributed by atoms with Crippen LogP contribution >= 0.6 is 0 Å². The van der Waals surface area contributed by atoms with Crippen molar-refractivity contribution in [2.24, 2.45) is 11.8 Å². The third kappa shape index (κ3) is 3.93. The van der Waals surface area contributed by atoms with Crippen molar-refractivity contribution in [2.45, 2.75) is 13.3 Å². The Kier molecular flexibility index (Phi) is 4.77.